The fourth-order valence-corrected chi connectivity index (χ4v) is 3.64. The number of para-hydroxylation sites is 1. The number of benzene rings is 1. The van der Waals surface area contributed by atoms with Crippen molar-refractivity contribution in [3.63, 3.8) is 0 Å². The molecule has 0 unspecified atom stereocenters. The number of rotatable bonds is 7. The molecular weight excluding hydrogens is 382 g/mol. The Hall–Kier alpha value is -2.77. The second-order valence-electron chi connectivity index (χ2n) is 7.81. The summed E-state index contributed by atoms with van der Waals surface area (Å²) in [5.74, 6) is -1.82. The lowest BCUT2D eigenvalue weighted by molar-refractivity contribution is -0.134. The maximum atomic E-state index is 9.55. The molecule has 162 valence electrons. The van der Waals surface area contributed by atoms with E-state index in [0.717, 1.165) is 31.7 Å². The van der Waals surface area contributed by atoms with Gasteiger partial charge >= 0.3 is 11.9 Å². The lowest BCUT2D eigenvalue weighted by atomic mass is 10.0. The third-order valence-corrected chi connectivity index (χ3v) is 4.88. The highest BCUT2D eigenvalue weighted by Gasteiger charge is 2.22. The second-order valence-corrected chi connectivity index (χ2v) is 7.81. The van der Waals surface area contributed by atoms with Crippen molar-refractivity contribution in [3.05, 3.63) is 54.2 Å². The van der Waals surface area contributed by atoms with E-state index in [2.05, 4.69) is 53.3 Å². The van der Waals surface area contributed by atoms with E-state index in [1.165, 1.54) is 23.8 Å². The predicted molar refractivity (Wildman–Crippen MR) is 117 cm³/mol. The molecule has 0 saturated carbocycles. The van der Waals surface area contributed by atoms with Crippen LogP contribution < -0.4 is 5.32 Å². The molecule has 3 rings (SSSR count). The van der Waals surface area contributed by atoms with Crippen LogP contribution >= 0.6 is 0 Å². The first-order valence-electron chi connectivity index (χ1n) is 10.3. The van der Waals surface area contributed by atoms with Crippen LogP contribution in [0.15, 0.2) is 48.7 Å². The number of nitrogens with one attached hydrogen (secondary N) is 1. The summed E-state index contributed by atoms with van der Waals surface area (Å²) in [6.07, 6.45) is 5.53. The number of aromatic nitrogens is 1. The summed E-state index contributed by atoms with van der Waals surface area (Å²) in [6.45, 7) is 9.09. The number of aliphatic carboxylic acids is 2. The van der Waals surface area contributed by atoms with Gasteiger partial charge in [0.15, 0.2) is 0 Å². The zero-order chi connectivity index (χ0) is 21.9. The van der Waals surface area contributed by atoms with Crippen molar-refractivity contribution in [2.45, 2.75) is 39.3 Å². The van der Waals surface area contributed by atoms with Gasteiger partial charge in [-0.25, -0.2) is 9.59 Å². The van der Waals surface area contributed by atoms with E-state index in [4.69, 9.17) is 10.2 Å². The molecule has 0 aliphatic carbocycles. The monoisotopic (exact) mass is 413 g/mol. The summed E-state index contributed by atoms with van der Waals surface area (Å²) in [5.41, 5.74) is 2.52. The molecule has 2 aromatic rings. The number of carboxylic acid groups (broad SMARTS) is 2. The van der Waals surface area contributed by atoms with Crippen molar-refractivity contribution in [3.8, 4) is 0 Å². The molecule has 1 fully saturated rings. The number of hydrogen-bond acceptors (Lipinski definition) is 5. The van der Waals surface area contributed by atoms with E-state index >= 15 is 0 Å². The maximum Gasteiger partial charge on any atom is 0.328 e. The molecule has 0 bridgehead atoms. The zero-order valence-electron chi connectivity index (χ0n) is 17.6. The molecule has 0 amide bonds. The van der Waals surface area contributed by atoms with Gasteiger partial charge in [0, 0.05) is 42.9 Å². The molecular formula is C23H31N3O4. The molecule has 0 radical (unpaired) electrons. The minimum Gasteiger partial charge on any atom is -0.478 e. The highest BCUT2D eigenvalue weighted by Crippen LogP contribution is 2.22. The second kappa shape index (κ2) is 12.0. The Kier molecular flexibility index (Phi) is 9.44. The SMILES string of the molecule is CC(C)CN(Cc1cccc2cccnc12)C1CCNCC1.O=C(O)C=CC(=O)O. The van der Waals surface area contributed by atoms with Gasteiger partial charge < -0.3 is 15.5 Å². The quantitative estimate of drug-likeness (QED) is 0.599. The Morgan fingerprint density at radius 3 is 2.37 bits per heavy atom. The highest BCUT2D eigenvalue weighted by molar-refractivity contribution is 5.89. The summed E-state index contributed by atoms with van der Waals surface area (Å²) in [4.78, 5) is 26.4. The summed E-state index contributed by atoms with van der Waals surface area (Å²) in [6, 6.07) is 11.4. The molecule has 1 aromatic carbocycles. The van der Waals surface area contributed by atoms with E-state index in [1.807, 2.05) is 12.3 Å². The van der Waals surface area contributed by atoms with Crippen LogP contribution in [0.4, 0.5) is 0 Å². The van der Waals surface area contributed by atoms with Crippen LogP contribution in [0.1, 0.15) is 32.3 Å². The average Bonchev–Trinajstić information content (AvgIpc) is 2.73. The number of nitrogens with zero attached hydrogens (tertiary/aromatic N) is 2. The molecule has 1 aromatic heterocycles. The first-order valence-corrected chi connectivity index (χ1v) is 10.3. The Morgan fingerprint density at radius 1 is 1.13 bits per heavy atom. The Labute approximate surface area is 177 Å². The Bertz CT molecular complexity index is 839. The first kappa shape index (κ1) is 23.5. The van der Waals surface area contributed by atoms with Crippen LogP contribution in [0.2, 0.25) is 0 Å². The van der Waals surface area contributed by atoms with Crippen LogP contribution in [0, 0.1) is 5.92 Å². The van der Waals surface area contributed by atoms with E-state index in [-0.39, 0.29) is 0 Å². The molecule has 1 aliphatic rings. The largest absolute Gasteiger partial charge is 0.478 e. The Morgan fingerprint density at radius 2 is 1.77 bits per heavy atom. The van der Waals surface area contributed by atoms with Gasteiger partial charge in [-0.1, -0.05) is 38.1 Å². The highest BCUT2D eigenvalue weighted by atomic mass is 16.4. The molecule has 3 N–H and O–H groups in total. The van der Waals surface area contributed by atoms with E-state index in [9.17, 15) is 9.59 Å². The standard InChI is InChI=1S/C19H27N3.C4H4O4/c1-15(2)13-22(18-8-11-20-12-9-18)14-17-6-3-5-16-7-4-10-21-19(16)17;5-3(6)1-2-4(7)8/h3-7,10,15,18,20H,8-9,11-14H2,1-2H3;1-2H,(H,5,6)(H,7,8). The normalized spacial score (nSPS) is 14.8. The van der Waals surface area contributed by atoms with Crippen LogP contribution in [0.25, 0.3) is 10.9 Å². The van der Waals surface area contributed by atoms with Gasteiger partial charge in [-0.15, -0.1) is 0 Å². The summed E-state index contributed by atoms with van der Waals surface area (Å²) < 4.78 is 0. The molecule has 0 atom stereocenters. The smallest absolute Gasteiger partial charge is 0.328 e. The van der Waals surface area contributed by atoms with Crippen molar-refractivity contribution >= 4 is 22.8 Å². The molecule has 0 spiro atoms. The van der Waals surface area contributed by atoms with Crippen molar-refractivity contribution in [2.75, 3.05) is 19.6 Å². The van der Waals surface area contributed by atoms with Crippen molar-refractivity contribution in [1.29, 1.82) is 0 Å². The number of piperidine rings is 1. The summed E-state index contributed by atoms with van der Waals surface area (Å²) in [7, 11) is 0. The lowest BCUT2D eigenvalue weighted by Crippen LogP contribution is -2.44. The summed E-state index contributed by atoms with van der Waals surface area (Å²) in [5, 5.41) is 20.3. The molecule has 1 aliphatic heterocycles. The van der Waals surface area contributed by atoms with Gasteiger partial charge in [0.1, 0.15) is 0 Å². The maximum absolute atomic E-state index is 9.55. The van der Waals surface area contributed by atoms with Gasteiger partial charge in [0.05, 0.1) is 5.52 Å². The fourth-order valence-electron chi connectivity index (χ4n) is 3.64. The first-order chi connectivity index (χ1) is 14.4. The fraction of sp³-hybridized carbons (Fsp3) is 0.435. The average molecular weight is 414 g/mol. The third-order valence-electron chi connectivity index (χ3n) is 4.88. The van der Waals surface area contributed by atoms with Gasteiger partial charge in [0.25, 0.3) is 0 Å². The van der Waals surface area contributed by atoms with Crippen LogP contribution in [0.5, 0.6) is 0 Å². The number of hydrogen-bond donors (Lipinski definition) is 3. The van der Waals surface area contributed by atoms with Crippen LogP contribution in [-0.2, 0) is 16.1 Å². The number of carbonyl (C=O) groups is 2. The number of fused-ring (bicyclic) bond motifs is 1. The van der Waals surface area contributed by atoms with E-state index in [0.29, 0.717) is 24.1 Å². The van der Waals surface area contributed by atoms with Gasteiger partial charge in [-0.05, 0) is 43.5 Å². The van der Waals surface area contributed by atoms with Crippen LogP contribution in [0.3, 0.4) is 0 Å². The molecule has 7 nitrogen and oxygen atoms in total. The number of carboxylic acids is 2. The number of pyridine rings is 1. The topological polar surface area (TPSA) is 103 Å². The molecule has 1 saturated heterocycles. The third kappa shape index (κ3) is 7.93. The van der Waals surface area contributed by atoms with Gasteiger partial charge in [-0.3, -0.25) is 9.88 Å². The van der Waals surface area contributed by atoms with E-state index in [1.54, 1.807) is 0 Å². The molecule has 7 heteroatoms. The van der Waals surface area contributed by atoms with E-state index < -0.39 is 11.9 Å². The zero-order valence-corrected chi connectivity index (χ0v) is 17.6. The molecule has 2 heterocycles. The van der Waals surface area contributed by atoms with Crippen molar-refractivity contribution in [2.24, 2.45) is 5.92 Å². The van der Waals surface area contributed by atoms with Crippen molar-refractivity contribution in [1.82, 2.24) is 15.2 Å². The van der Waals surface area contributed by atoms with Gasteiger partial charge in [-0.2, -0.15) is 0 Å². The minimum atomic E-state index is -1.26. The summed E-state index contributed by atoms with van der Waals surface area (Å²) >= 11 is 0. The Balaban J connectivity index is 0.000000343. The lowest BCUT2D eigenvalue weighted by Gasteiger charge is -2.36. The molecule has 30 heavy (non-hydrogen) atoms. The predicted octanol–water partition coefficient (Wildman–Crippen LogP) is 3.16. The van der Waals surface area contributed by atoms with Crippen LogP contribution in [-0.4, -0.2) is 57.7 Å². The van der Waals surface area contributed by atoms with Crippen molar-refractivity contribution < 1.29 is 19.8 Å². The minimum absolute atomic E-state index is 0.558. The van der Waals surface area contributed by atoms with Gasteiger partial charge in [0.2, 0.25) is 0 Å².